The predicted molar refractivity (Wildman–Crippen MR) is 66.1 cm³/mol. The molecular weight excluding hydrogens is 202 g/mol. The lowest BCUT2D eigenvalue weighted by molar-refractivity contribution is -0.129. The standard InChI is InChI=1S/C12H25N3O/c1-12(2,3)11(16)14-10-5-4-7-15(9-10)8-6-13/h10H,4-9,13H2,1-3H3,(H,14,16). The fourth-order valence-electron chi connectivity index (χ4n) is 1.96. The van der Waals surface area contributed by atoms with Crippen LogP contribution in [0.5, 0.6) is 0 Å². The van der Waals surface area contributed by atoms with E-state index in [1.807, 2.05) is 20.8 Å². The topological polar surface area (TPSA) is 58.4 Å². The quantitative estimate of drug-likeness (QED) is 0.741. The molecule has 0 radical (unpaired) electrons. The first-order valence-corrected chi connectivity index (χ1v) is 6.17. The zero-order valence-electron chi connectivity index (χ0n) is 10.8. The van der Waals surface area contributed by atoms with Crippen LogP contribution in [0.15, 0.2) is 0 Å². The maximum absolute atomic E-state index is 11.8. The number of amides is 1. The Labute approximate surface area is 98.6 Å². The number of hydrogen-bond acceptors (Lipinski definition) is 3. The van der Waals surface area contributed by atoms with Gasteiger partial charge in [-0.3, -0.25) is 4.79 Å². The third-order valence-electron chi connectivity index (χ3n) is 2.97. The average Bonchev–Trinajstić information content (AvgIpc) is 2.17. The minimum atomic E-state index is -0.295. The van der Waals surface area contributed by atoms with Gasteiger partial charge in [-0.2, -0.15) is 0 Å². The molecule has 4 heteroatoms. The van der Waals surface area contributed by atoms with E-state index < -0.39 is 0 Å². The summed E-state index contributed by atoms with van der Waals surface area (Å²) in [6, 6.07) is 0.298. The monoisotopic (exact) mass is 227 g/mol. The van der Waals surface area contributed by atoms with Gasteiger partial charge in [0.25, 0.3) is 0 Å². The highest BCUT2D eigenvalue weighted by Gasteiger charge is 2.26. The number of likely N-dealkylation sites (tertiary alicyclic amines) is 1. The first-order valence-electron chi connectivity index (χ1n) is 6.17. The highest BCUT2D eigenvalue weighted by atomic mass is 16.2. The van der Waals surface area contributed by atoms with Gasteiger partial charge in [0, 0.05) is 31.1 Å². The van der Waals surface area contributed by atoms with Gasteiger partial charge in [-0.05, 0) is 19.4 Å². The van der Waals surface area contributed by atoms with E-state index in [4.69, 9.17) is 5.73 Å². The summed E-state index contributed by atoms with van der Waals surface area (Å²) in [7, 11) is 0. The zero-order valence-corrected chi connectivity index (χ0v) is 10.8. The second-order valence-electron chi connectivity index (χ2n) is 5.65. The molecule has 1 unspecified atom stereocenters. The number of piperidine rings is 1. The third-order valence-corrected chi connectivity index (χ3v) is 2.97. The van der Waals surface area contributed by atoms with E-state index in [2.05, 4.69) is 10.2 Å². The van der Waals surface area contributed by atoms with Crippen molar-refractivity contribution in [3.63, 3.8) is 0 Å². The molecule has 0 aliphatic carbocycles. The molecule has 0 aromatic rings. The Kier molecular flexibility index (Phi) is 4.74. The molecule has 1 amide bonds. The van der Waals surface area contributed by atoms with Gasteiger partial charge in [0.05, 0.1) is 0 Å². The van der Waals surface area contributed by atoms with Crippen molar-refractivity contribution in [2.45, 2.75) is 39.7 Å². The van der Waals surface area contributed by atoms with Crippen molar-refractivity contribution in [1.29, 1.82) is 0 Å². The van der Waals surface area contributed by atoms with Gasteiger partial charge in [-0.25, -0.2) is 0 Å². The molecule has 1 saturated heterocycles. The molecule has 0 saturated carbocycles. The van der Waals surface area contributed by atoms with Crippen molar-refractivity contribution in [3.8, 4) is 0 Å². The Bertz CT molecular complexity index is 233. The number of nitrogens with two attached hydrogens (primary N) is 1. The van der Waals surface area contributed by atoms with Gasteiger partial charge in [0.15, 0.2) is 0 Å². The molecule has 1 heterocycles. The summed E-state index contributed by atoms with van der Waals surface area (Å²) < 4.78 is 0. The van der Waals surface area contributed by atoms with Gasteiger partial charge in [-0.15, -0.1) is 0 Å². The summed E-state index contributed by atoms with van der Waals surface area (Å²) in [6.45, 7) is 9.52. The summed E-state index contributed by atoms with van der Waals surface area (Å²) in [5, 5.41) is 3.13. The zero-order chi connectivity index (χ0) is 12.2. The summed E-state index contributed by atoms with van der Waals surface area (Å²) >= 11 is 0. The Balaban J connectivity index is 2.40. The number of rotatable bonds is 3. The maximum Gasteiger partial charge on any atom is 0.225 e. The Hall–Kier alpha value is -0.610. The number of carbonyl (C=O) groups excluding carboxylic acids is 1. The molecule has 0 spiro atoms. The van der Waals surface area contributed by atoms with Crippen LogP contribution in [-0.4, -0.2) is 43.0 Å². The summed E-state index contributed by atoms with van der Waals surface area (Å²) in [5.41, 5.74) is 5.25. The fraction of sp³-hybridized carbons (Fsp3) is 0.917. The van der Waals surface area contributed by atoms with Crippen molar-refractivity contribution in [1.82, 2.24) is 10.2 Å². The molecule has 1 fully saturated rings. The largest absolute Gasteiger partial charge is 0.352 e. The normalized spacial score (nSPS) is 23.1. The van der Waals surface area contributed by atoms with Crippen LogP contribution < -0.4 is 11.1 Å². The fourth-order valence-corrected chi connectivity index (χ4v) is 1.96. The Morgan fingerprint density at radius 2 is 2.19 bits per heavy atom. The van der Waals surface area contributed by atoms with Crippen LogP contribution in [0, 0.1) is 5.41 Å². The van der Waals surface area contributed by atoms with Gasteiger partial charge in [0.1, 0.15) is 0 Å². The van der Waals surface area contributed by atoms with E-state index in [0.29, 0.717) is 12.6 Å². The molecule has 16 heavy (non-hydrogen) atoms. The van der Waals surface area contributed by atoms with Crippen LogP contribution in [0.2, 0.25) is 0 Å². The molecule has 1 atom stereocenters. The van der Waals surface area contributed by atoms with Crippen molar-refractivity contribution in [2.24, 2.45) is 11.1 Å². The van der Waals surface area contributed by atoms with E-state index in [1.54, 1.807) is 0 Å². The van der Waals surface area contributed by atoms with Crippen molar-refractivity contribution >= 4 is 5.91 Å². The summed E-state index contributed by atoms with van der Waals surface area (Å²) in [5.74, 6) is 0.145. The minimum Gasteiger partial charge on any atom is -0.352 e. The van der Waals surface area contributed by atoms with Crippen LogP contribution >= 0.6 is 0 Å². The molecule has 3 N–H and O–H groups in total. The SMILES string of the molecule is CC(C)(C)C(=O)NC1CCCN(CCN)C1. The predicted octanol–water partition coefficient (Wildman–Crippen LogP) is 0.572. The number of nitrogens with zero attached hydrogens (tertiary/aromatic N) is 1. The van der Waals surface area contributed by atoms with E-state index >= 15 is 0 Å². The van der Waals surface area contributed by atoms with Crippen LogP contribution in [0.1, 0.15) is 33.6 Å². The minimum absolute atomic E-state index is 0.145. The Morgan fingerprint density at radius 1 is 1.50 bits per heavy atom. The lowest BCUT2D eigenvalue weighted by Gasteiger charge is -2.34. The van der Waals surface area contributed by atoms with E-state index in [-0.39, 0.29) is 11.3 Å². The average molecular weight is 227 g/mol. The van der Waals surface area contributed by atoms with Gasteiger partial charge in [-0.1, -0.05) is 20.8 Å². The smallest absolute Gasteiger partial charge is 0.225 e. The molecule has 1 rings (SSSR count). The summed E-state index contributed by atoms with van der Waals surface area (Å²) in [6.07, 6.45) is 2.23. The molecule has 0 aromatic heterocycles. The molecule has 1 aliphatic heterocycles. The molecule has 1 aliphatic rings. The van der Waals surface area contributed by atoms with Gasteiger partial charge < -0.3 is 16.0 Å². The highest BCUT2D eigenvalue weighted by Crippen LogP contribution is 2.15. The van der Waals surface area contributed by atoms with Crippen molar-refractivity contribution < 1.29 is 4.79 Å². The number of nitrogens with one attached hydrogen (secondary N) is 1. The maximum atomic E-state index is 11.8. The van der Waals surface area contributed by atoms with Crippen molar-refractivity contribution in [2.75, 3.05) is 26.2 Å². The lowest BCUT2D eigenvalue weighted by atomic mass is 9.94. The van der Waals surface area contributed by atoms with Crippen LogP contribution in [0.25, 0.3) is 0 Å². The number of hydrogen-bond donors (Lipinski definition) is 2. The summed E-state index contributed by atoms with van der Waals surface area (Å²) in [4.78, 5) is 14.2. The van der Waals surface area contributed by atoms with E-state index in [9.17, 15) is 4.79 Å². The highest BCUT2D eigenvalue weighted by molar-refractivity contribution is 5.81. The first-order chi connectivity index (χ1) is 7.43. The molecular formula is C12H25N3O. The number of carbonyl (C=O) groups is 1. The van der Waals surface area contributed by atoms with Gasteiger partial charge in [0.2, 0.25) is 5.91 Å². The first kappa shape index (κ1) is 13.5. The molecule has 0 aromatic carbocycles. The van der Waals surface area contributed by atoms with Crippen LogP contribution in [-0.2, 0) is 4.79 Å². The van der Waals surface area contributed by atoms with Crippen LogP contribution in [0.4, 0.5) is 0 Å². The Morgan fingerprint density at radius 3 is 2.75 bits per heavy atom. The van der Waals surface area contributed by atoms with E-state index in [0.717, 1.165) is 32.5 Å². The molecule has 94 valence electrons. The van der Waals surface area contributed by atoms with E-state index in [1.165, 1.54) is 0 Å². The third kappa shape index (κ3) is 4.10. The second-order valence-corrected chi connectivity index (χ2v) is 5.65. The second kappa shape index (κ2) is 5.64. The van der Waals surface area contributed by atoms with Crippen molar-refractivity contribution in [3.05, 3.63) is 0 Å². The van der Waals surface area contributed by atoms with Gasteiger partial charge >= 0.3 is 0 Å². The molecule has 0 bridgehead atoms. The lowest BCUT2D eigenvalue weighted by Crippen LogP contribution is -2.51. The van der Waals surface area contributed by atoms with Crippen LogP contribution in [0.3, 0.4) is 0 Å². The molecule has 4 nitrogen and oxygen atoms in total.